The van der Waals surface area contributed by atoms with Crippen LogP contribution in [0.4, 0.5) is 0 Å². The average molecular weight is 331 g/mol. The Balaban J connectivity index is 1.82. The van der Waals surface area contributed by atoms with Crippen LogP contribution < -0.4 is 9.46 Å². The molecular formula is C17H17NO4S. The molecule has 1 saturated carbocycles. The van der Waals surface area contributed by atoms with E-state index in [2.05, 4.69) is 4.72 Å². The first-order valence-corrected chi connectivity index (χ1v) is 8.73. The van der Waals surface area contributed by atoms with E-state index in [0.29, 0.717) is 18.6 Å². The van der Waals surface area contributed by atoms with Crippen molar-refractivity contribution in [3.05, 3.63) is 60.2 Å². The van der Waals surface area contributed by atoms with Crippen molar-refractivity contribution in [3.63, 3.8) is 0 Å². The van der Waals surface area contributed by atoms with Gasteiger partial charge in [-0.15, -0.1) is 0 Å². The summed E-state index contributed by atoms with van der Waals surface area (Å²) in [5.41, 5.74) is 0.0489. The number of hydrogen-bond donors (Lipinski definition) is 1. The van der Waals surface area contributed by atoms with Crippen LogP contribution in [-0.2, 0) is 20.2 Å². The lowest BCUT2D eigenvalue weighted by Crippen LogP contribution is -2.38. The fourth-order valence-corrected chi connectivity index (χ4v) is 3.63. The van der Waals surface area contributed by atoms with Gasteiger partial charge in [0.05, 0.1) is 17.4 Å². The number of benzene rings is 2. The third-order valence-corrected chi connectivity index (χ3v) is 5.45. The maximum atomic E-state index is 12.5. The minimum absolute atomic E-state index is 0.0823. The van der Waals surface area contributed by atoms with Gasteiger partial charge in [0.15, 0.2) is 0 Å². The van der Waals surface area contributed by atoms with Crippen molar-refractivity contribution in [2.75, 3.05) is 7.11 Å². The summed E-state index contributed by atoms with van der Waals surface area (Å²) in [6.07, 6.45) is 1.27. The van der Waals surface area contributed by atoms with Crippen LogP contribution in [0.1, 0.15) is 18.4 Å². The highest BCUT2D eigenvalue weighted by atomic mass is 32.2. The van der Waals surface area contributed by atoms with Crippen molar-refractivity contribution in [1.29, 1.82) is 0 Å². The lowest BCUT2D eigenvalue weighted by Gasteiger charge is -2.16. The molecule has 6 heteroatoms. The van der Waals surface area contributed by atoms with Crippen molar-refractivity contribution in [3.8, 4) is 5.75 Å². The molecule has 0 aliphatic heterocycles. The van der Waals surface area contributed by atoms with E-state index in [0.717, 1.165) is 5.56 Å². The molecule has 0 spiro atoms. The molecule has 1 aliphatic rings. The zero-order valence-electron chi connectivity index (χ0n) is 12.7. The van der Waals surface area contributed by atoms with Gasteiger partial charge in [-0.2, -0.15) is 0 Å². The van der Waals surface area contributed by atoms with Crippen LogP contribution in [0.25, 0.3) is 0 Å². The van der Waals surface area contributed by atoms with Crippen LogP contribution in [0, 0.1) is 0 Å². The van der Waals surface area contributed by atoms with Gasteiger partial charge in [0.25, 0.3) is 10.0 Å². The van der Waals surface area contributed by atoms with Crippen LogP contribution in [0.2, 0.25) is 0 Å². The van der Waals surface area contributed by atoms with Crippen molar-refractivity contribution in [2.45, 2.75) is 23.2 Å². The highest BCUT2D eigenvalue weighted by molar-refractivity contribution is 7.90. The fraction of sp³-hybridized carbons (Fsp3) is 0.235. The van der Waals surface area contributed by atoms with Crippen LogP contribution in [0.5, 0.6) is 5.75 Å². The van der Waals surface area contributed by atoms with Crippen molar-refractivity contribution < 1.29 is 17.9 Å². The number of rotatable bonds is 5. The molecule has 0 heterocycles. The van der Waals surface area contributed by atoms with E-state index in [1.165, 1.54) is 12.1 Å². The first-order chi connectivity index (χ1) is 11.0. The number of sulfonamides is 1. The maximum Gasteiger partial charge on any atom is 0.264 e. The predicted octanol–water partition coefficient (Wildman–Crippen LogP) is 2.23. The zero-order valence-corrected chi connectivity index (χ0v) is 13.5. The Morgan fingerprint density at radius 1 is 1.04 bits per heavy atom. The summed E-state index contributed by atoms with van der Waals surface area (Å²) in [7, 11) is -2.28. The van der Waals surface area contributed by atoms with Gasteiger partial charge < -0.3 is 4.74 Å². The molecule has 1 fully saturated rings. The first kappa shape index (κ1) is 15.6. The van der Waals surface area contributed by atoms with E-state index in [1.807, 2.05) is 0 Å². The number of carbonyl (C=O) groups is 1. The normalized spacial score (nSPS) is 15.7. The molecular weight excluding hydrogens is 314 g/mol. The Bertz CT molecular complexity index is 809. The van der Waals surface area contributed by atoms with Crippen molar-refractivity contribution >= 4 is 15.9 Å². The summed E-state index contributed by atoms with van der Waals surface area (Å²) in [5, 5.41) is 0. The first-order valence-electron chi connectivity index (χ1n) is 7.25. The lowest BCUT2D eigenvalue weighted by atomic mass is 9.95. The lowest BCUT2D eigenvalue weighted by molar-refractivity contribution is -0.121. The van der Waals surface area contributed by atoms with E-state index in [-0.39, 0.29) is 4.90 Å². The monoisotopic (exact) mass is 331 g/mol. The van der Waals surface area contributed by atoms with Crippen LogP contribution in [0.15, 0.2) is 59.5 Å². The van der Waals surface area contributed by atoms with E-state index in [4.69, 9.17) is 4.74 Å². The second kappa shape index (κ2) is 5.70. The summed E-state index contributed by atoms with van der Waals surface area (Å²) in [5.74, 6) is 0.216. The Morgan fingerprint density at radius 2 is 1.65 bits per heavy atom. The molecule has 0 radical (unpaired) electrons. The molecule has 0 atom stereocenters. The largest absolute Gasteiger partial charge is 0.497 e. The van der Waals surface area contributed by atoms with E-state index in [9.17, 15) is 13.2 Å². The van der Waals surface area contributed by atoms with Gasteiger partial charge in [-0.25, -0.2) is 13.1 Å². The van der Waals surface area contributed by atoms with Gasteiger partial charge in [-0.1, -0.05) is 30.3 Å². The number of amides is 1. The highest BCUT2D eigenvalue weighted by Crippen LogP contribution is 2.48. The summed E-state index contributed by atoms with van der Waals surface area (Å²) in [6.45, 7) is 0. The van der Waals surface area contributed by atoms with Gasteiger partial charge in [0.2, 0.25) is 5.91 Å². The van der Waals surface area contributed by atoms with Gasteiger partial charge in [0.1, 0.15) is 5.75 Å². The minimum Gasteiger partial charge on any atom is -0.497 e. The highest BCUT2D eigenvalue weighted by Gasteiger charge is 2.52. The molecule has 0 unspecified atom stereocenters. The Labute approximate surface area is 135 Å². The third-order valence-electron chi connectivity index (χ3n) is 4.11. The van der Waals surface area contributed by atoms with Gasteiger partial charge in [-0.3, -0.25) is 4.79 Å². The molecule has 120 valence electrons. The molecule has 23 heavy (non-hydrogen) atoms. The fourth-order valence-electron chi connectivity index (χ4n) is 2.56. The smallest absolute Gasteiger partial charge is 0.264 e. The van der Waals surface area contributed by atoms with Gasteiger partial charge in [0, 0.05) is 0 Å². The molecule has 5 nitrogen and oxygen atoms in total. The number of hydrogen-bond acceptors (Lipinski definition) is 4. The van der Waals surface area contributed by atoms with Crippen molar-refractivity contribution in [2.24, 2.45) is 0 Å². The predicted molar refractivity (Wildman–Crippen MR) is 85.7 cm³/mol. The van der Waals surface area contributed by atoms with Crippen LogP contribution >= 0.6 is 0 Å². The summed E-state index contributed by atoms with van der Waals surface area (Å²) in [4.78, 5) is 12.6. The number of carbonyl (C=O) groups excluding carboxylic acids is 1. The SMILES string of the molecule is COc1ccc(C2(C(=O)NS(=O)(=O)c3ccccc3)CC2)cc1. The number of methoxy groups -OCH3 is 1. The van der Waals surface area contributed by atoms with Gasteiger partial charge in [-0.05, 0) is 42.7 Å². The topological polar surface area (TPSA) is 72.5 Å². The number of nitrogens with one attached hydrogen (secondary N) is 1. The van der Waals surface area contributed by atoms with E-state index < -0.39 is 21.3 Å². The van der Waals surface area contributed by atoms with Gasteiger partial charge >= 0.3 is 0 Å². The Morgan fingerprint density at radius 3 is 2.17 bits per heavy atom. The summed E-state index contributed by atoms with van der Waals surface area (Å²) >= 11 is 0. The van der Waals surface area contributed by atoms with E-state index in [1.54, 1.807) is 49.6 Å². The minimum atomic E-state index is -3.85. The summed E-state index contributed by atoms with van der Waals surface area (Å²) < 4.78 is 31.9. The molecule has 2 aromatic rings. The zero-order chi connectivity index (χ0) is 16.5. The molecule has 2 aromatic carbocycles. The molecule has 0 bridgehead atoms. The molecule has 1 aliphatic carbocycles. The molecule has 1 N–H and O–H groups in total. The quantitative estimate of drug-likeness (QED) is 0.912. The third kappa shape index (κ3) is 2.94. The van der Waals surface area contributed by atoms with Crippen LogP contribution in [-0.4, -0.2) is 21.4 Å². The number of ether oxygens (including phenoxy) is 1. The maximum absolute atomic E-state index is 12.5. The Kier molecular flexibility index (Phi) is 3.85. The van der Waals surface area contributed by atoms with Crippen molar-refractivity contribution in [1.82, 2.24) is 4.72 Å². The summed E-state index contributed by atoms with van der Waals surface area (Å²) in [6, 6.07) is 15.0. The second-order valence-electron chi connectivity index (χ2n) is 5.56. The molecule has 1 amide bonds. The molecule has 0 saturated heterocycles. The van der Waals surface area contributed by atoms with E-state index >= 15 is 0 Å². The average Bonchev–Trinajstić information content (AvgIpc) is 3.37. The standard InChI is InChI=1S/C17H17NO4S/c1-22-14-9-7-13(8-10-14)17(11-12-17)16(19)18-23(20,21)15-5-3-2-4-6-15/h2-10H,11-12H2,1H3,(H,18,19). The molecule has 0 aromatic heterocycles. The molecule has 3 rings (SSSR count). The second-order valence-corrected chi connectivity index (χ2v) is 7.24. The Hall–Kier alpha value is -2.34. The van der Waals surface area contributed by atoms with Crippen LogP contribution in [0.3, 0.4) is 0 Å².